The van der Waals surface area contributed by atoms with E-state index in [0.717, 1.165) is 6.42 Å². The van der Waals surface area contributed by atoms with Crippen molar-refractivity contribution >= 4 is 38.8 Å². The molecule has 0 N–H and O–H groups in total. The molecule has 3 aliphatic carbocycles. The minimum atomic E-state index is -0.304. The summed E-state index contributed by atoms with van der Waals surface area (Å²) in [6, 6.07) is 60.9. The highest BCUT2D eigenvalue weighted by atomic mass is 15.2. The SMILES string of the molecule is CC1(C)C2=CC(C)(N(c3ccc(-c4ccc5c(c4)c4ccccc4n5-c4ccccc4)cc3)c3ccc4c(c3)C(C)(C)c3ccccc3-4)CC=C2c2ccccc21. The molecule has 7 aromatic carbocycles. The van der Waals surface area contributed by atoms with E-state index in [1.54, 1.807) is 0 Å². The Kier molecular flexibility index (Phi) is 7.18. The topological polar surface area (TPSA) is 8.17 Å². The number of benzene rings is 7. The van der Waals surface area contributed by atoms with E-state index < -0.39 is 0 Å². The molecule has 8 aromatic rings. The van der Waals surface area contributed by atoms with Gasteiger partial charge in [0.2, 0.25) is 0 Å². The van der Waals surface area contributed by atoms with Crippen LogP contribution in [0.5, 0.6) is 0 Å². The summed E-state index contributed by atoms with van der Waals surface area (Å²) in [6.45, 7) is 12.0. The van der Waals surface area contributed by atoms with Gasteiger partial charge in [0.1, 0.15) is 0 Å². The third-order valence-corrected chi connectivity index (χ3v) is 13.5. The number of anilines is 2. The van der Waals surface area contributed by atoms with Crippen LogP contribution >= 0.6 is 0 Å². The van der Waals surface area contributed by atoms with E-state index in [1.165, 1.54) is 94.5 Å². The Morgan fingerprint density at radius 1 is 0.474 bits per heavy atom. The molecule has 0 fully saturated rings. The monoisotopic (exact) mass is 734 g/mol. The smallest absolute Gasteiger partial charge is 0.0646 e. The molecule has 0 bridgehead atoms. The van der Waals surface area contributed by atoms with Gasteiger partial charge < -0.3 is 9.47 Å². The van der Waals surface area contributed by atoms with Crippen molar-refractivity contribution in [3.05, 3.63) is 204 Å². The minimum absolute atomic E-state index is 0.0799. The summed E-state index contributed by atoms with van der Waals surface area (Å²) in [7, 11) is 0. The van der Waals surface area contributed by atoms with Gasteiger partial charge in [0.15, 0.2) is 0 Å². The lowest BCUT2D eigenvalue weighted by Gasteiger charge is -2.44. The number of aromatic nitrogens is 1. The van der Waals surface area contributed by atoms with Crippen molar-refractivity contribution in [3.8, 4) is 27.9 Å². The maximum absolute atomic E-state index is 2.62. The van der Waals surface area contributed by atoms with Crippen LogP contribution in [-0.2, 0) is 10.8 Å². The standard InChI is InChI=1S/C55H46N2/c1-53(2)47-20-12-9-17-41(47)43-29-28-40(34-49(43)53)57(55(5)32-31-44-42-18-10-13-21-48(42)54(3,4)50(44)35-55)39-26-23-36(24-27-39)37-25-30-52-46(33-37)45-19-11-14-22-51(45)56(52)38-15-7-6-8-16-38/h6-31,33-35H,32H2,1-5H3. The van der Waals surface area contributed by atoms with Gasteiger partial charge in [-0.1, -0.05) is 149 Å². The molecule has 2 nitrogen and oxygen atoms in total. The lowest BCUT2D eigenvalue weighted by molar-refractivity contribution is 0.549. The summed E-state index contributed by atoms with van der Waals surface area (Å²) < 4.78 is 2.38. The number of fused-ring (bicyclic) bond motifs is 9. The Bertz CT molecular complexity index is 2990. The number of hydrogen-bond donors (Lipinski definition) is 0. The highest BCUT2D eigenvalue weighted by molar-refractivity contribution is 6.10. The maximum Gasteiger partial charge on any atom is 0.0646 e. The first kappa shape index (κ1) is 33.9. The summed E-state index contributed by atoms with van der Waals surface area (Å²) in [5.74, 6) is 0. The second kappa shape index (κ2) is 12.1. The molecule has 1 heterocycles. The van der Waals surface area contributed by atoms with Crippen LogP contribution in [-0.4, -0.2) is 10.1 Å². The quantitative estimate of drug-likeness (QED) is 0.171. The largest absolute Gasteiger partial charge is 0.332 e. The lowest BCUT2D eigenvalue weighted by Crippen LogP contribution is -2.43. The molecule has 0 spiro atoms. The van der Waals surface area contributed by atoms with Crippen LogP contribution in [0.4, 0.5) is 11.4 Å². The molecule has 0 aliphatic heterocycles. The van der Waals surface area contributed by atoms with Gasteiger partial charge in [-0.25, -0.2) is 0 Å². The van der Waals surface area contributed by atoms with E-state index >= 15 is 0 Å². The zero-order valence-electron chi connectivity index (χ0n) is 33.3. The molecule has 2 heteroatoms. The molecule has 1 atom stereocenters. The summed E-state index contributed by atoms with van der Waals surface area (Å²) in [6.07, 6.45) is 6.01. The molecule has 11 rings (SSSR count). The molecule has 0 saturated carbocycles. The number of para-hydroxylation sites is 2. The number of nitrogens with zero attached hydrogens (tertiary/aromatic N) is 2. The first-order valence-corrected chi connectivity index (χ1v) is 20.4. The average molecular weight is 735 g/mol. The van der Waals surface area contributed by atoms with Gasteiger partial charge in [-0.15, -0.1) is 0 Å². The van der Waals surface area contributed by atoms with Crippen LogP contribution in [0, 0.1) is 0 Å². The Morgan fingerprint density at radius 2 is 1.09 bits per heavy atom. The zero-order chi connectivity index (χ0) is 38.7. The van der Waals surface area contributed by atoms with Gasteiger partial charge in [0, 0.05) is 38.7 Å². The van der Waals surface area contributed by atoms with E-state index in [2.05, 4.69) is 220 Å². The van der Waals surface area contributed by atoms with Crippen molar-refractivity contribution in [3.63, 3.8) is 0 Å². The van der Waals surface area contributed by atoms with Crippen LogP contribution in [0.2, 0.25) is 0 Å². The van der Waals surface area contributed by atoms with Gasteiger partial charge in [0.05, 0.1) is 16.6 Å². The third kappa shape index (κ3) is 4.89. The van der Waals surface area contributed by atoms with Crippen molar-refractivity contribution in [1.82, 2.24) is 4.57 Å². The third-order valence-electron chi connectivity index (χ3n) is 13.5. The molecule has 1 unspecified atom stereocenters. The number of hydrogen-bond acceptors (Lipinski definition) is 1. The van der Waals surface area contributed by atoms with Gasteiger partial charge >= 0.3 is 0 Å². The Labute approximate surface area is 336 Å². The van der Waals surface area contributed by atoms with Gasteiger partial charge in [-0.3, -0.25) is 0 Å². The van der Waals surface area contributed by atoms with Crippen molar-refractivity contribution in [2.75, 3.05) is 4.90 Å². The number of allylic oxidation sites excluding steroid dienone is 2. The molecule has 0 radical (unpaired) electrons. The fourth-order valence-corrected chi connectivity index (χ4v) is 10.6. The molecular weight excluding hydrogens is 689 g/mol. The fourth-order valence-electron chi connectivity index (χ4n) is 10.6. The summed E-state index contributed by atoms with van der Waals surface area (Å²) >= 11 is 0. The zero-order valence-corrected chi connectivity index (χ0v) is 33.3. The van der Waals surface area contributed by atoms with Gasteiger partial charge in [0.25, 0.3) is 0 Å². The molecule has 1 aromatic heterocycles. The van der Waals surface area contributed by atoms with Gasteiger partial charge in [-0.05, 0) is 124 Å². The predicted molar refractivity (Wildman–Crippen MR) is 241 cm³/mol. The average Bonchev–Trinajstić information content (AvgIpc) is 3.78. The van der Waals surface area contributed by atoms with Crippen LogP contribution in [0.15, 0.2) is 182 Å². The van der Waals surface area contributed by atoms with Crippen molar-refractivity contribution in [2.24, 2.45) is 0 Å². The van der Waals surface area contributed by atoms with E-state index in [1.807, 2.05) is 0 Å². The van der Waals surface area contributed by atoms with E-state index in [-0.39, 0.29) is 16.4 Å². The highest BCUT2D eigenvalue weighted by Crippen LogP contribution is 2.55. The van der Waals surface area contributed by atoms with Crippen molar-refractivity contribution in [1.29, 1.82) is 0 Å². The van der Waals surface area contributed by atoms with E-state index in [9.17, 15) is 0 Å². The molecule has 3 aliphatic rings. The van der Waals surface area contributed by atoms with Crippen LogP contribution < -0.4 is 4.90 Å². The fraction of sp³-hybridized carbons (Fsp3) is 0.164. The molecule has 276 valence electrons. The van der Waals surface area contributed by atoms with E-state index in [4.69, 9.17) is 0 Å². The number of rotatable bonds is 5. The molecule has 0 saturated heterocycles. The lowest BCUT2D eigenvalue weighted by atomic mass is 9.75. The Balaban J connectivity index is 1.04. The van der Waals surface area contributed by atoms with Crippen LogP contribution in [0.25, 0.3) is 55.3 Å². The van der Waals surface area contributed by atoms with Gasteiger partial charge in [-0.2, -0.15) is 0 Å². The second-order valence-corrected chi connectivity index (χ2v) is 17.6. The summed E-state index contributed by atoms with van der Waals surface area (Å²) in [5.41, 5.74) is 19.1. The first-order chi connectivity index (χ1) is 27.6. The molecule has 57 heavy (non-hydrogen) atoms. The Hall–Kier alpha value is -6.38. The molecule has 0 amide bonds. The highest BCUT2D eigenvalue weighted by Gasteiger charge is 2.44. The van der Waals surface area contributed by atoms with Crippen LogP contribution in [0.1, 0.15) is 63.3 Å². The second-order valence-electron chi connectivity index (χ2n) is 17.6. The predicted octanol–water partition coefficient (Wildman–Crippen LogP) is 14.4. The first-order valence-electron chi connectivity index (χ1n) is 20.4. The van der Waals surface area contributed by atoms with Crippen LogP contribution in [0.3, 0.4) is 0 Å². The summed E-state index contributed by atoms with van der Waals surface area (Å²) in [5, 5.41) is 2.54. The molecular formula is C55H46N2. The van der Waals surface area contributed by atoms with Crippen molar-refractivity contribution < 1.29 is 0 Å². The Morgan fingerprint density at radius 3 is 1.88 bits per heavy atom. The van der Waals surface area contributed by atoms with Crippen molar-refractivity contribution in [2.45, 2.75) is 57.4 Å². The van der Waals surface area contributed by atoms with E-state index in [0.29, 0.717) is 0 Å². The maximum atomic E-state index is 2.62. The minimum Gasteiger partial charge on any atom is -0.332 e. The summed E-state index contributed by atoms with van der Waals surface area (Å²) in [4.78, 5) is 2.62. The normalized spacial score (nSPS) is 18.4.